The maximum Gasteiger partial charge on any atom is 0.252 e. The van der Waals surface area contributed by atoms with Gasteiger partial charge in [-0.1, -0.05) is 221 Å². The van der Waals surface area contributed by atoms with E-state index in [4.69, 9.17) is 4.42 Å². The Labute approximate surface area is 529 Å². The van der Waals surface area contributed by atoms with Crippen LogP contribution >= 0.6 is 11.8 Å². The molecule has 4 nitrogen and oxygen atoms in total. The Balaban J connectivity index is 0.993. The van der Waals surface area contributed by atoms with E-state index in [2.05, 4.69) is 314 Å². The first-order valence-corrected chi connectivity index (χ1v) is 32.8. The summed E-state index contributed by atoms with van der Waals surface area (Å²) in [6.07, 6.45) is 2.27. The van der Waals surface area contributed by atoms with E-state index in [1.54, 1.807) is 0 Å². The van der Waals surface area contributed by atoms with Crippen LogP contribution in [0.2, 0.25) is 0 Å². The first-order valence-electron chi connectivity index (χ1n) is 32.0. The Morgan fingerprint density at radius 3 is 1.64 bits per heavy atom. The van der Waals surface area contributed by atoms with Crippen LogP contribution < -0.4 is 31.1 Å². The summed E-state index contributed by atoms with van der Waals surface area (Å²) in [5.41, 5.74) is 28.7. The van der Waals surface area contributed by atoms with E-state index in [1.165, 1.54) is 98.9 Å². The van der Waals surface area contributed by atoms with E-state index in [0.29, 0.717) is 0 Å². The van der Waals surface area contributed by atoms with Gasteiger partial charge in [-0.3, -0.25) is 0 Å². The molecule has 0 saturated carbocycles. The number of nitrogens with zero attached hydrogens (tertiary/aromatic N) is 3. The molecule has 4 heterocycles. The van der Waals surface area contributed by atoms with Crippen molar-refractivity contribution in [2.24, 2.45) is 0 Å². The molecule has 434 valence electrons. The summed E-state index contributed by atoms with van der Waals surface area (Å²) in [6.45, 7) is 23.4. The van der Waals surface area contributed by atoms with Crippen LogP contribution in [0.4, 0.5) is 51.2 Å². The van der Waals surface area contributed by atoms with E-state index in [-0.39, 0.29) is 28.4 Å². The number of para-hydroxylation sites is 2. The topological polar surface area (TPSA) is 22.9 Å². The third-order valence-corrected chi connectivity index (χ3v) is 22.1. The summed E-state index contributed by atoms with van der Waals surface area (Å²) in [5, 5.41) is 2.22. The summed E-state index contributed by atoms with van der Waals surface area (Å²) in [4.78, 5) is 10.3. The largest absolute Gasteiger partial charge is 0.454 e. The monoisotopic (exact) mass is 1170 g/mol. The van der Waals surface area contributed by atoms with Gasteiger partial charge in [0, 0.05) is 66.1 Å². The minimum absolute atomic E-state index is 0.00242. The molecule has 0 radical (unpaired) electrons. The van der Waals surface area contributed by atoms with Crippen molar-refractivity contribution in [3.05, 3.63) is 275 Å². The molecule has 2 aliphatic carbocycles. The number of fused-ring (bicyclic) bond motifs is 18. The van der Waals surface area contributed by atoms with Gasteiger partial charge in [0.25, 0.3) is 6.71 Å². The Bertz CT molecular complexity index is 4840. The molecule has 0 fully saturated rings. The Morgan fingerprint density at radius 2 is 0.966 bits per heavy atom. The normalized spacial score (nSPS) is 16.0. The predicted molar refractivity (Wildman–Crippen MR) is 377 cm³/mol. The lowest BCUT2D eigenvalue weighted by molar-refractivity contribution is 0.332. The molecule has 1 aromatic heterocycles. The molecule has 11 aromatic carbocycles. The molecule has 0 unspecified atom stereocenters. The minimum atomic E-state index is -0.578. The molecule has 0 saturated heterocycles. The molecule has 0 amide bonds. The van der Waals surface area contributed by atoms with Gasteiger partial charge >= 0.3 is 0 Å². The molecule has 5 aliphatic rings. The second-order valence-electron chi connectivity index (χ2n) is 29.0. The molecule has 17 rings (SSSR count). The second-order valence-corrected chi connectivity index (χ2v) is 30.1. The number of hydrogen-bond donors (Lipinski definition) is 0. The third-order valence-electron chi connectivity index (χ3n) is 20.9. The standard InChI is InChI=1S/C83H72BN3OS/c1-79(2,3)51-33-37-53(38-34-51)85(54-39-35-52(36-40-54)80(4,5)6)56-42-45-66-71(50-56)86(55-41-43-61-65(49-55)82(9,10)48-47-81(61,7)8)67-27-20-28-68-76(67)84(66)77-69(87(68)70-29-19-23-58-57-21-12-16-30-72(57)88-78(58)70)46-44-64-75(77)59-22-11-13-24-60(59)83(64)62-25-14-17-31-73(62)89-74-32-18-15-26-63(74)83/h11-46,49-50H,47-48H2,1-10H3. The Kier molecular flexibility index (Phi) is 11.6. The summed E-state index contributed by atoms with van der Waals surface area (Å²) in [6, 6.07) is 88.7. The van der Waals surface area contributed by atoms with E-state index < -0.39 is 5.41 Å². The molecule has 89 heavy (non-hydrogen) atoms. The quantitative estimate of drug-likeness (QED) is 0.160. The van der Waals surface area contributed by atoms with Crippen LogP contribution in [0.15, 0.2) is 245 Å². The Hall–Kier alpha value is -8.97. The van der Waals surface area contributed by atoms with Crippen molar-refractivity contribution in [3.63, 3.8) is 0 Å². The van der Waals surface area contributed by atoms with Crippen molar-refractivity contribution in [2.75, 3.05) is 14.7 Å². The maximum absolute atomic E-state index is 7.11. The van der Waals surface area contributed by atoms with Crippen LogP contribution in [-0.2, 0) is 27.1 Å². The van der Waals surface area contributed by atoms with Gasteiger partial charge in [0.2, 0.25) is 0 Å². The maximum atomic E-state index is 7.11. The first-order chi connectivity index (χ1) is 42.9. The number of furan rings is 1. The van der Waals surface area contributed by atoms with Gasteiger partial charge in [0.1, 0.15) is 5.58 Å². The van der Waals surface area contributed by atoms with Crippen LogP contribution in [-0.4, -0.2) is 6.71 Å². The minimum Gasteiger partial charge on any atom is -0.454 e. The molecular weight excluding hydrogens is 1100 g/mol. The second kappa shape index (κ2) is 19.0. The van der Waals surface area contributed by atoms with Crippen LogP contribution in [0, 0.1) is 0 Å². The highest BCUT2D eigenvalue weighted by molar-refractivity contribution is 7.99. The van der Waals surface area contributed by atoms with Crippen molar-refractivity contribution < 1.29 is 4.42 Å². The van der Waals surface area contributed by atoms with Crippen molar-refractivity contribution in [1.82, 2.24) is 0 Å². The molecule has 6 heteroatoms. The first kappa shape index (κ1) is 54.2. The Morgan fingerprint density at radius 1 is 0.427 bits per heavy atom. The average molecular weight is 1170 g/mol. The summed E-state index contributed by atoms with van der Waals surface area (Å²) in [7, 11) is 0. The number of rotatable bonds is 5. The number of hydrogen-bond acceptors (Lipinski definition) is 5. The van der Waals surface area contributed by atoms with Crippen LogP contribution in [0.3, 0.4) is 0 Å². The number of benzene rings is 11. The van der Waals surface area contributed by atoms with E-state index >= 15 is 0 Å². The van der Waals surface area contributed by atoms with E-state index in [0.717, 1.165) is 68.9 Å². The van der Waals surface area contributed by atoms with Gasteiger partial charge < -0.3 is 19.1 Å². The van der Waals surface area contributed by atoms with Gasteiger partial charge in [0.05, 0.1) is 11.1 Å². The zero-order valence-corrected chi connectivity index (χ0v) is 53.4. The van der Waals surface area contributed by atoms with Crippen LogP contribution in [0.5, 0.6) is 0 Å². The van der Waals surface area contributed by atoms with E-state index in [9.17, 15) is 0 Å². The van der Waals surface area contributed by atoms with Crippen molar-refractivity contribution in [2.45, 2.75) is 119 Å². The fourth-order valence-electron chi connectivity index (χ4n) is 16.3. The fraction of sp³-hybridized carbons (Fsp3) is 0.205. The zero-order chi connectivity index (χ0) is 60.7. The highest BCUT2D eigenvalue weighted by Crippen LogP contribution is 2.63. The highest BCUT2D eigenvalue weighted by atomic mass is 32.2. The number of anilines is 9. The van der Waals surface area contributed by atoms with Gasteiger partial charge in [-0.2, -0.15) is 0 Å². The summed E-state index contributed by atoms with van der Waals surface area (Å²) >= 11 is 1.90. The zero-order valence-electron chi connectivity index (χ0n) is 52.6. The molecule has 1 spiro atoms. The lowest BCUT2D eigenvalue weighted by Crippen LogP contribution is -2.62. The fourth-order valence-corrected chi connectivity index (χ4v) is 17.5. The molecule has 0 N–H and O–H groups in total. The van der Waals surface area contributed by atoms with Gasteiger partial charge in [0.15, 0.2) is 5.58 Å². The molecule has 0 bridgehead atoms. The van der Waals surface area contributed by atoms with Crippen LogP contribution in [0.1, 0.15) is 127 Å². The molecular formula is C83H72BN3OS. The van der Waals surface area contributed by atoms with Crippen LogP contribution in [0.25, 0.3) is 33.1 Å². The molecule has 0 atom stereocenters. The van der Waals surface area contributed by atoms with Gasteiger partial charge in [-0.05, 0) is 198 Å². The predicted octanol–water partition coefficient (Wildman–Crippen LogP) is 20.9. The highest BCUT2D eigenvalue weighted by Gasteiger charge is 2.54. The average Bonchev–Trinajstić information content (AvgIpc) is 1.50. The van der Waals surface area contributed by atoms with Crippen molar-refractivity contribution >= 4 is 108 Å². The van der Waals surface area contributed by atoms with E-state index in [1.807, 2.05) is 11.8 Å². The SMILES string of the molecule is CC(C)(C)c1ccc(N(c2ccc(C(C)(C)C)cc2)c2ccc3c(c2)N(c2ccc4c(c2)C(C)(C)CCC4(C)C)c2cccc4c2B3c2c(ccc3c2-c2ccccc2C32c3ccccc3Sc3ccccc32)N4c2cccc3c2oc2ccccc23)cc1. The van der Waals surface area contributed by atoms with Gasteiger partial charge in [-0.15, -0.1) is 0 Å². The lowest BCUT2D eigenvalue weighted by atomic mass is 9.32. The third kappa shape index (κ3) is 7.81. The van der Waals surface area contributed by atoms with Crippen molar-refractivity contribution in [3.8, 4) is 11.1 Å². The molecule has 12 aromatic rings. The summed E-state index contributed by atoms with van der Waals surface area (Å²) < 4.78 is 7.11. The van der Waals surface area contributed by atoms with Crippen molar-refractivity contribution in [1.29, 1.82) is 0 Å². The smallest absolute Gasteiger partial charge is 0.252 e. The lowest BCUT2D eigenvalue weighted by Gasteiger charge is -2.46. The summed E-state index contributed by atoms with van der Waals surface area (Å²) in [5.74, 6) is 0. The van der Waals surface area contributed by atoms with Gasteiger partial charge in [-0.25, -0.2) is 0 Å². The molecule has 3 aliphatic heterocycles.